The topological polar surface area (TPSA) is 50.1 Å². The molecular weight excluding hydrogens is 214 g/mol. The Balaban J connectivity index is 1.68. The molecule has 0 radical (unpaired) electrons. The lowest BCUT2D eigenvalue weighted by atomic mass is 9.96. The van der Waals surface area contributed by atoms with Gasteiger partial charge in [0, 0.05) is 18.4 Å². The van der Waals surface area contributed by atoms with E-state index in [1.165, 1.54) is 25.7 Å². The molecule has 0 aromatic carbocycles. The lowest BCUT2D eigenvalue weighted by Crippen LogP contribution is -2.28. The highest BCUT2D eigenvalue weighted by Crippen LogP contribution is 2.29. The van der Waals surface area contributed by atoms with Crippen molar-refractivity contribution in [1.82, 2.24) is 15.6 Å². The molecule has 2 saturated heterocycles. The van der Waals surface area contributed by atoms with E-state index >= 15 is 0 Å². The van der Waals surface area contributed by atoms with Crippen molar-refractivity contribution >= 4 is 0 Å². The Kier molecular flexibility index (Phi) is 3.43. The summed E-state index contributed by atoms with van der Waals surface area (Å²) in [5.74, 6) is 3.12. The summed E-state index contributed by atoms with van der Waals surface area (Å²) >= 11 is 0. The van der Waals surface area contributed by atoms with Crippen LogP contribution in [0, 0.1) is 0 Å². The van der Waals surface area contributed by atoms with Crippen LogP contribution < -0.4 is 10.6 Å². The summed E-state index contributed by atoms with van der Waals surface area (Å²) < 4.78 is 5.98. The van der Waals surface area contributed by atoms with Gasteiger partial charge in [0.25, 0.3) is 0 Å². The van der Waals surface area contributed by atoms with Gasteiger partial charge in [0.05, 0.1) is 6.20 Å². The fraction of sp³-hybridized carbons (Fsp3) is 0.769. The van der Waals surface area contributed by atoms with Crippen LogP contribution in [0.2, 0.25) is 0 Å². The molecule has 3 rings (SSSR count). The van der Waals surface area contributed by atoms with Crippen LogP contribution in [0.3, 0.4) is 0 Å². The fourth-order valence-corrected chi connectivity index (χ4v) is 2.85. The number of hydrogen-bond acceptors (Lipinski definition) is 4. The Morgan fingerprint density at radius 1 is 1.06 bits per heavy atom. The van der Waals surface area contributed by atoms with Crippen LogP contribution in [0.15, 0.2) is 10.6 Å². The molecule has 17 heavy (non-hydrogen) atoms. The van der Waals surface area contributed by atoms with Gasteiger partial charge in [-0.2, -0.15) is 0 Å². The molecule has 0 amide bonds. The molecule has 0 aliphatic carbocycles. The maximum absolute atomic E-state index is 5.98. The highest BCUT2D eigenvalue weighted by molar-refractivity contribution is 5.06. The molecule has 2 aliphatic rings. The van der Waals surface area contributed by atoms with E-state index < -0.39 is 0 Å². The number of nitrogens with zero attached hydrogens (tertiary/aromatic N) is 1. The number of aromatic nitrogens is 1. The molecule has 1 unspecified atom stereocenters. The molecule has 1 atom stereocenters. The maximum atomic E-state index is 5.98. The largest absolute Gasteiger partial charge is 0.445 e. The van der Waals surface area contributed by atoms with Crippen LogP contribution in [0.1, 0.15) is 49.2 Å². The first-order chi connectivity index (χ1) is 8.43. The van der Waals surface area contributed by atoms with Gasteiger partial charge >= 0.3 is 0 Å². The van der Waals surface area contributed by atoms with E-state index in [1.807, 2.05) is 6.20 Å². The van der Waals surface area contributed by atoms with Crippen molar-refractivity contribution in [1.29, 1.82) is 0 Å². The molecule has 0 spiro atoms. The molecule has 1 aromatic rings. The van der Waals surface area contributed by atoms with Gasteiger partial charge in [0.15, 0.2) is 5.89 Å². The van der Waals surface area contributed by atoms with Crippen molar-refractivity contribution in [3.8, 4) is 0 Å². The van der Waals surface area contributed by atoms with Gasteiger partial charge < -0.3 is 15.1 Å². The molecule has 3 heterocycles. The molecule has 4 heteroatoms. The van der Waals surface area contributed by atoms with Gasteiger partial charge in [0.1, 0.15) is 5.76 Å². The zero-order valence-electron chi connectivity index (χ0n) is 10.2. The smallest absolute Gasteiger partial charge is 0.198 e. The predicted octanol–water partition coefficient (Wildman–Crippen LogP) is 1.61. The van der Waals surface area contributed by atoms with E-state index in [4.69, 9.17) is 4.42 Å². The summed E-state index contributed by atoms with van der Waals surface area (Å²) in [5.41, 5.74) is 0. The van der Waals surface area contributed by atoms with Gasteiger partial charge in [-0.05, 0) is 45.3 Å². The minimum atomic E-state index is 0.485. The monoisotopic (exact) mass is 235 g/mol. The summed E-state index contributed by atoms with van der Waals surface area (Å²) in [6.07, 6.45) is 6.75. The summed E-state index contributed by atoms with van der Waals surface area (Å²) in [4.78, 5) is 4.49. The van der Waals surface area contributed by atoms with E-state index in [0.29, 0.717) is 11.8 Å². The normalized spacial score (nSPS) is 27.2. The minimum Gasteiger partial charge on any atom is -0.445 e. The van der Waals surface area contributed by atoms with Crippen LogP contribution in [-0.2, 0) is 0 Å². The molecule has 2 N–H and O–H groups in total. The van der Waals surface area contributed by atoms with Crippen molar-refractivity contribution in [3.05, 3.63) is 17.8 Å². The quantitative estimate of drug-likeness (QED) is 0.817. The Morgan fingerprint density at radius 3 is 2.71 bits per heavy atom. The van der Waals surface area contributed by atoms with Crippen LogP contribution in [0.4, 0.5) is 0 Å². The van der Waals surface area contributed by atoms with Crippen molar-refractivity contribution in [3.63, 3.8) is 0 Å². The third kappa shape index (κ3) is 2.53. The number of hydrogen-bond donors (Lipinski definition) is 2. The number of piperidine rings is 2. The van der Waals surface area contributed by atoms with Crippen molar-refractivity contribution in [2.75, 3.05) is 26.2 Å². The van der Waals surface area contributed by atoms with E-state index in [2.05, 4.69) is 15.6 Å². The van der Waals surface area contributed by atoms with Crippen LogP contribution in [0.25, 0.3) is 0 Å². The Bertz CT molecular complexity index is 319. The van der Waals surface area contributed by atoms with E-state index in [1.54, 1.807) is 0 Å². The van der Waals surface area contributed by atoms with E-state index in [9.17, 15) is 0 Å². The van der Waals surface area contributed by atoms with Gasteiger partial charge in [-0.15, -0.1) is 0 Å². The maximum Gasteiger partial charge on any atom is 0.198 e. The first-order valence-electron chi connectivity index (χ1n) is 6.80. The third-order valence-electron chi connectivity index (χ3n) is 3.93. The molecule has 94 valence electrons. The molecule has 4 nitrogen and oxygen atoms in total. The molecule has 2 fully saturated rings. The van der Waals surface area contributed by atoms with Crippen LogP contribution >= 0.6 is 0 Å². The molecule has 2 aliphatic heterocycles. The van der Waals surface area contributed by atoms with Gasteiger partial charge in [-0.3, -0.25) is 0 Å². The van der Waals surface area contributed by atoms with Crippen molar-refractivity contribution < 1.29 is 4.42 Å². The molecule has 0 bridgehead atoms. The van der Waals surface area contributed by atoms with E-state index in [0.717, 1.165) is 37.8 Å². The van der Waals surface area contributed by atoms with Gasteiger partial charge in [-0.25, -0.2) is 4.98 Å². The van der Waals surface area contributed by atoms with Crippen molar-refractivity contribution in [2.45, 2.75) is 37.5 Å². The zero-order valence-corrected chi connectivity index (χ0v) is 10.2. The highest BCUT2D eigenvalue weighted by atomic mass is 16.4. The predicted molar refractivity (Wildman–Crippen MR) is 66.2 cm³/mol. The Hall–Kier alpha value is -0.870. The third-order valence-corrected chi connectivity index (χ3v) is 3.93. The lowest BCUT2D eigenvalue weighted by molar-refractivity contribution is 0.333. The fourth-order valence-electron chi connectivity index (χ4n) is 2.85. The summed E-state index contributed by atoms with van der Waals surface area (Å²) in [6, 6.07) is 0. The van der Waals surface area contributed by atoms with Crippen LogP contribution in [-0.4, -0.2) is 31.2 Å². The number of rotatable bonds is 2. The average Bonchev–Trinajstić information content (AvgIpc) is 2.90. The second kappa shape index (κ2) is 5.19. The zero-order chi connectivity index (χ0) is 11.5. The summed E-state index contributed by atoms with van der Waals surface area (Å²) in [7, 11) is 0. The van der Waals surface area contributed by atoms with Crippen molar-refractivity contribution in [2.24, 2.45) is 0 Å². The Morgan fingerprint density at radius 2 is 1.94 bits per heavy atom. The number of oxazole rings is 1. The summed E-state index contributed by atoms with van der Waals surface area (Å²) in [6.45, 7) is 4.36. The van der Waals surface area contributed by atoms with Gasteiger partial charge in [-0.1, -0.05) is 0 Å². The number of nitrogens with one attached hydrogen (secondary N) is 2. The summed E-state index contributed by atoms with van der Waals surface area (Å²) in [5, 5.41) is 6.79. The average molecular weight is 235 g/mol. The molecular formula is C13H21N3O. The lowest BCUT2D eigenvalue weighted by Gasteiger charge is -2.21. The first kappa shape index (κ1) is 11.2. The second-order valence-electron chi connectivity index (χ2n) is 5.17. The molecule has 1 aromatic heterocycles. The van der Waals surface area contributed by atoms with Crippen LogP contribution in [0.5, 0.6) is 0 Å². The SMILES string of the molecule is c1nc(C2CCCNC2)oc1C1CCNCC1. The minimum absolute atomic E-state index is 0.485. The highest BCUT2D eigenvalue weighted by Gasteiger charge is 2.23. The molecule has 0 saturated carbocycles. The van der Waals surface area contributed by atoms with E-state index in [-0.39, 0.29) is 0 Å². The first-order valence-corrected chi connectivity index (χ1v) is 6.80. The van der Waals surface area contributed by atoms with Gasteiger partial charge in [0.2, 0.25) is 0 Å². The Labute approximate surface area is 102 Å². The second-order valence-corrected chi connectivity index (χ2v) is 5.17. The standard InChI is InChI=1S/C13H21N3O/c1-2-11(8-15-5-1)13-16-9-12(17-13)10-3-6-14-7-4-10/h9-11,14-15H,1-8H2.